The molecule has 0 saturated carbocycles. The number of fused-ring (bicyclic) bond motifs is 1. The van der Waals surface area contributed by atoms with E-state index in [-0.39, 0.29) is 11.3 Å². The van der Waals surface area contributed by atoms with E-state index in [9.17, 15) is 13.4 Å². The predicted octanol–water partition coefficient (Wildman–Crippen LogP) is 6.22. The Bertz CT molecular complexity index is 1000. The summed E-state index contributed by atoms with van der Waals surface area (Å²) in [6.45, 7) is 2.76. The summed E-state index contributed by atoms with van der Waals surface area (Å²) >= 11 is 0. The number of hydrogen-bond acceptors (Lipinski definition) is 3. The summed E-state index contributed by atoms with van der Waals surface area (Å²) in [5.74, 6) is 0.256. The van der Waals surface area contributed by atoms with Crippen molar-refractivity contribution in [3.05, 3.63) is 77.9 Å². The summed E-state index contributed by atoms with van der Waals surface area (Å²) in [4.78, 5) is 12.7. The van der Waals surface area contributed by atoms with Gasteiger partial charge in [0.2, 0.25) is 0 Å². The fourth-order valence-electron chi connectivity index (χ4n) is 2.92. The SMILES string of the molecule is CCCCOc1ccc(/C=C\C(=O)c2ccc3ccccc3c2OB(F)F)cc1. The van der Waals surface area contributed by atoms with Gasteiger partial charge in [0, 0.05) is 5.39 Å². The number of rotatable bonds is 9. The highest BCUT2D eigenvalue weighted by Crippen LogP contribution is 2.31. The van der Waals surface area contributed by atoms with Gasteiger partial charge in [0.05, 0.1) is 12.2 Å². The van der Waals surface area contributed by atoms with E-state index in [0.29, 0.717) is 12.0 Å². The van der Waals surface area contributed by atoms with Gasteiger partial charge in [-0.15, -0.1) is 0 Å². The van der Waals surface area contributed by atoms with Crippen LogP contribution in [0, 0.1) is 0 Å². The van der Waals surface area contributed by atoms with Gasteiger partial charge >= 0.3 is 7.47 Å². The molecule has 0 aliphatic heterocycles. The monoisotopic (exact) mass is 394 g/mol. The van der Waals surface area contributed by atoms with E-state index in [1.54, 1.807) is 36.4 Å². The Morgan fingerprint density at radius 1 is 1.03 bits per heavy atom. The van der Waals surface area contributed by atoms with Crippen LogP contribution in [0.15, 0.2) is 66.7 Å². The lowest BCUT2D eigenvalue weighted by Gasteiger charge is -2.11. The summed E-state index contributed by atoms with van der Waals surface area (Å²) in [5, 5.41) is 1.20. The van der Waals surface area contributed by atoms with E-state index in [4.69, 9.17) is 4.74 Å². The van der Waals surface area contributed by atoms with Crippen molar-refractivity contribution >= 4 is 30.1 Å². The third-order valence-corrected chi connectivity index (χ3v) is 4.43. The first kappa shape index (κ1) is 20.6. The van der Waals surface area contributed by atoms with E-state index in [1.165, 1.54) is 12.1 Å². The smallest absolute Gasteiger partial charge is 0.504 e. The van der Waals surface area contributed by atoms with E-state index < -0.39 is 13.3 Å². The second kappa shape index (κ2) is 9.87. The molecular weight excluding hydrogens is 373 g/mol. The largest absolute Gasteiger partial charge is 0.796 e. The number of halogens is 2. The van der Waals surface area contributed by atoms with Crippen molar-refractivity contribution in [2.75, 3.05) is 6.61 Å². The Morgan fingerprint density at radius 3 is 2.52 bits per heavy atom. The van der Waals surface area contributed by atoms with Crippen LogP contribution in [0.25, 0.3) is 16.8 Å². The molecule has 6 heteroatoms. The molecule has 0 atom stereocenters. The Morgan fingerprint density at radius 2 is 1.79 bits per heavy atom. The number of carbonyl (C=O) groups excluding carboxylic acids is 1. The van der Waals surface area contributed by atoms with Gasteiger partial charge in [-0.3, -0.25) is 4.79 Å². The van der Waals surface area contributed by atoms with Crippen LogP contribution < -0.4 is 9.39 Å². The third kappa shape index (κ3) is 5.44. The van der Waals surface area contributed by atoms with Gasteiger partial charge in [-0.2, -0.15) is 0 Å². The Balaban J connectivity index is 1.80. The Labute approximate surface area is 169 Å². The number of benzene rings is 3. The van der Waals surface area contributed by atoms with Crippen LogP contribution in [0.3, 0.4) is 0 Å². The quantitative estimate of drug-likeness (QED) is 0.187. The van der Waals surface area contributed by atoms with Gasteiger partial charge in [0.1, 0.15) is 11.5 Å². The topological polar surface area (TPSA) is 35.5 Å². The maximum absolute atomic E-state index is 12.9. The Kier molecular flexibility index (Phi) is 7.01. The summed E-state index contributed by atoms with van der Waals surface area (Å²) in [7, 11) is -3.02. The molecule has 0 unspecified atom stereocenters. The summed E-state index contributed by atoms with van der Waals surface area (Å²) in [6, 6.07) is 17.5. The summed E-state index contributed by atoms with van der Waals surface area (Å²) in [5.41, 5.74) is 0.901. The minimum absolute atomic E-state index is 0.0970. The van der Waals surface area contributed by atoms with E-state index >= 15 is 0 Å². The van der Waals surface area contributed by atoms with Crippen molar-refractivity contribution in [3.8, 4) is 11.5 Å². The van der Waals surface area contributed by atoms with Crippen molar-refractivity contribution in [2.24, 2.45) is 0 Å². The van der Waals surface area contributed by atoms with Crippen molar-refractivity contribution in [1.29, 1.82) is 0 Å². The maximum atomic E-state index is 12.9. The molecular formula is C23H21BF2O3. The fraction of sp³-hybridized carbons (Fsp3) is 0.174. The van der Waals surface area contributed by atoms with Gasteiger partial charge in [-0.25, -0.2) is 8.63 Å². The molecule has 0 fully saturated rings. The number of allylic oxidation sites excluding steroid dienone is 1. The molecule has 0 amide bonds. The number of carbonyl (C=O) groups is 1. The van der Waals surface area contributed by atoms with Crippen LogP contribution in [-0.2, 0) is 0 Å². The molecule has 0 saturated heterocycles. The normalized spacial score (nSPS) is 11.0. The Hall–Kier alpha value is -3.15. The van der Waals surface area contributed by atoms with Gasteiger partial charge in [-0.05, 0) is 41.6 Å². The maximum Gasteiger partial charge on any atom is 0.796 e. The molecule has 0 bridgehead atoms. The highest BCUT2D eigenvalue weighted by atomic mass is 19.2. The molecule has 0 radical (unpaired) electrons. The van der Waals surface area contributed by atoms with Crippen molar-refractivity contribution < 1.29 is 22.8 Å². The minimum Gasteiger partial charge on any atom is -0.504 e. The molecule has 0 heterocycles. The summed E-state index contributed by atoms with van der Waals surface area (Å²) < 4.78 is 36.2. The molecule has 3 aromatic carbocycles. The predicted molar refractivity (Wildman–Crippen MR) is 113 cm³/mol. The van der Waals surface area contributed by atoms with Gasteiger partial charge in [-0.1, -0.05) is 61.9 Å². The molecule has 148 valence electrons. The second-order valence-corrected chi connectivity index (χ2v) is 6.51. The lowest BCUT2D eigenvalue weighted by atomic mass is 10.0. The lowest BCUT2D eigenvalue weighted by molar-refractivity contribution is 0.104. The van der Waals surface area contributed by atoms with Gasteiger partial charge in [0.25, 0.3) is 0 Å². The molecule has 0 spiro atoms. The molecule has 3 rings (SSSR count). The molecule has 0 N–H and O–H groups in total. The molecule has 0 aliphatic rings. The van der Waals surface area contributed by atoms with Crippen molar-refractivity contribution in [1.82, 2.24) is 0 Å². The molecule has 3 nitrogen and oxygen atoms in total. The van der Waals surface area contributed by atoms with Crippen molar-refractivity contribution in [2.45, 2.75) is 19.8 Å². The van der Waals surface area contributed by atoms with Crippen LogP contribution in [0.5, 0.6) is 11.5 Å². The first-order chi connectivity index (χ1) is 14.1. The summed E-state index contributed by atoms with van der Waals surface area (Å²) in [6.07, 6.45) is 5.05. The lowest BCUT2D eigenvalue weighted by Crippen LogP contribution is -2.12. The van der Waals surface area contributed by atoms with E-state index in [2.05, 4.69) is 11.6 Å². The second-order valence-electron chi connectivity index (χ2n) is 6.51. The van der Waals surface area contributed by atoms with Crippen LogP contribution in [0.1, 0.15) is 35.7 Å². The number of ether oxygens (including phenoxy) is 1. The zero-order valence-corrected chi connectivity index (χ0v) is 16.1. The first-order valence-electron chi connectivity index (χ1n) is 9.50. The zero-order valence-electron chi connectivity index (χ0n) is 16.1. The first-order valence-corrected chi connectivity index (χ1v) is 9.50. The standard InChI is InChI=1S/C23H21BF2O3/c1-2-3-16-28-19-12-8-17(9-13-19)10-15-22(27)21-14-11-18-6-4-5-7-20(18)23(21)29-24(25)26/h4-15H,2-3,16H2,1H3/b15-10-. The third-order valence-electron chi connectivity index (χ3n) is 4.43. The van der Waals surface area contributed by atoms with Crippen LogP contribution >= 0.6 is 0 Å². The average molecular weight is 394 g/mol. The van der Waals surface area contributed by atoms with Crippen LogP contribution in [0.2, 0.25) is 0 Å². The molecule has 29 heavy (non-hydrogen) atoms. The van der Waals surface area contributed by atoms with Gasteiger partial charge < -0.3 is 9.39 Å². The average Bonchev–Trinajstić information content (AvgIpc) is 2.73. The van der Waals surface area contributed by atoms with E-state index in [1.807, 2.05) is 24.3 Å². The van der Waals surface area contributed by atoms with Crippen molar-refractivity contribution in [3.63, 3.8) is 0 Å². The molecule has 0 aromatic heterocycles. The highest BCUT2D eigenvalue weighted by Gasteiger charge is 2.23. The van der Waals surface area contributed by atoms with Gasteiger partial charge in [0.15, 0.2) is 5.78 Å². The minimum atomic E-state index is -3.02. The number of ketones is 1. The zero-order chi connectivity index (χ0) is 20.6. The highest BCUT2D eigenvalue weighted by molar-refractivity contribution is 6.36. The van der Waals surface area contributed by atoms with E-state index in [0.717, 1.165) is 29.5 Å². The number of unbranched alkanes of at least 4 members (excludes halogenated alkanes) is 1. The van der Waals surface area contributed by atoms with Crippen LogP contribution in [-0.4, -0.2) is 19.9 Å². The number of hydrogen-bond donors (Lipinski definition) is 0. The van der Waals surface area contributed by atoms with Crippen LogP contribution in [0.4, 0.5) is 8.63 Å². The fourth-order valence-corrected chi connectivity index (χ4v) is 2.92. The molecule has 3 aromatic rings. The molecule has 0 aliphatic carbocycles.